The van der Waals surface area contributed by atoms with E-state index in [2.05, 4.69) is 46.0 Å². The first-order valence-electron chi connectivity index (χ1n) is 11.2. The number of para-hydroxylation sites is 1. The van der Waals surface area contributed by atoms with Crippen molar-refractivity contribution >= 4 is 35.1 Å². The van der Waals surface area contributed by atoms with Crippen molar-refractivity contribution in [1.82, 2.24) is 14.8 Å². The zero-order valence-corrected chi connectivity index (χ0v) is 21.3. The fourth-order valence-corrected chi connectivity index (χ4v) is 5.27. The molecule has 0 saturated carbocycles. The fraction of sp³-hybridized carbons (Fsp3) is 0.222. The summed E-state index contributed by atoms with van der Waals surface area (Å²) in [5, 5.41) is 9.66. The van der Waals surface area contributed by atoms with Gasteiger partial charge in [-0.25, -0.2) is 0 Å². The van der Waals surface area contributed by atoms with Gasteiger partial charge in [-0.3, -0.25) is 9.36 Å². The van der Waals surface area contributed by atoms with Crippen LogP contribution in [-0.2, 0) is 10.5 Å². The molecule has 0 atom stereocenters. The van der Waals surface area contributed by atoms with Crippen LogP contribution in [0.2, 0.25) is 0 Å². The number of nitrogens with zero attached hydrogens (tertiary/aromatic N) is 4. The number of thioether (sulfide) groups is 2. The van der Waals surface area contributed by atoms with E-state index in [1.807, 2.05) is 73.3 Å². The molecule has 0 radical (unpaired) electrons. The quantitative estimate of drug-likeness (QED) is 0.258. The van der Waals surface area contributed by atoms with Gasteiger partial charge < -0.3 is 4.90 Å². The highest BCUT2D eigenvalue weighted by Crippen LogP contribution is 2.28. The van der Waals surface area contributed by atoms with E-state index in [1.54, 1.807) is 11.8 Å². The Morgan fingerprint density at radius 3 is 2.35 bits per heavy atom. The molecule has 174 valence electrons. The topological polar surface area (TPSA) is 51.0 Å². The van der Waals surface area contributed by atoms with Crippen LogP contribution in [0.1, 0.15) is 23.9 Å². The summed E-state index contributed by atoms with van der Waals surface area (Å²) >= 11 is 3.15. The Morgan fingerprint density at radius 2 is 1.65 bits per heavy atom. The van der Waals surface area contributed by atoms with E-state index in [1.165, 1.54) is 22.2 Å². The summed E-state index contributed by atoms with van der Waals surface area (Å²) in [4.78, 5) is 16.1. The lowest BCUT2D eigenvalue weighted by molar-refractivity contribution is -0.116. The summed E-state index contributed by atoms with van der Waals surface area (Å²) in [5.41, 5.74) is 4.30. The normalized spacial score (nSPS) is 10.9. The van der Waals surface area contributed by atoms with Crippen molar-refractivity contribution in [1.29, 1.82) is 0 Å². The maximum Gasteiger partial charge on any atom is 0.237 e. The molecule has 4 aromatic rings. The number of hydrogen-bond donors (Lipinski definition) is 0. The van der Waals surface area contributed by atoms with Gasteiger partial charge in [-0.05, 0) is 62.7 Å². The van der Waals surface area contributed by atoms with Crippen molar-refractivity contribution in [2.24, 2.45) is 0 Å². The van der Waals surface area contributed by atoms with E-state index in [-0.39, 0.29) is 11.7 Å². The van der Waals surface area contributed by atoms with Crippen molar-refractivity contribution in [3.63, 3.8) is 0 Å². The highest BCUT2D eigenvalue weighted by atomic mass is 32.2. The predicted octanol–water partition coefficient (Wildman–Crippen LogP) is 6.32. The van der Waals surface area contributed by atoms with E-state index in [9.17, 15) is 4.79 Å². The molecular formula is C27H28N4OS2. The molecule has 0 saturated heterocycles. The minimum atomic E-state index is 0.0521. The molecular weight excluding hydrogens is 460 g/mol. The third kappa shape index (κ3) is 5.90. The molecule has 1 amide bonds. The minimum absolute atomic E-state index is 0.0521. The molecule has 34 heavy (non-hydrogen) atoms. The lowest BCUT2D eigenvalue weighted by atomic mass is 10.2. The Bertz CT molecular complexity index is 1240. The molecule has 0 aliphatic rings. The van der Waals surface area contributed by atoms with Crippen molar-refractivity contribution in [3.05, 3.63) is 95.8 Å². The van der Waals surface area contributed by atoms with Crippen LogP contribution in [0.3, 0.4) is 0 Å². The van der Waals surface area contributed by atoms with Crippen LogP contribution in [-0.4, -0.2) is 33.0 Å². The lowest BCUT2D eigenvalue weighted by Crippen LogP contribution is -2.32. The van der Waals surface area contributed by atoms with E-state index < -0.39 is 0 Å². The number of aryl methyl sites for hydroxylation is 2. The molecule has 0 spiro atoms. The number of carbonyl (C=O) groups is 1. The van der Waals surface area contributed by atoms with Crippen LogP contribution in [0.4, 0.5) is 5.69 Å². The van der Waals surface area contributed by atoms with Gasteiger partial charge in [0.15, 0.2) is 5.16 Å². The van der Waals surface area contributed by atoms with Crippen LogP contribution in [0, 0.1) is 13.8 Å². The van der Waals surface area contributed by atoms with Crippen LogP contribution in [0.25, 0.3) is 5.69 Å². The summed E-state index contributed by atoms with van der Waals surface area (Å²) in [6.45, 7) is 6.74. The molecule has 3 aromatic carbocycles. The molecule has 0 aliphatic carbocycles. The maximum atomic E-state index is 13.1. The fourth-order valence-electron chi connectivity index (χ4n) is 3.61. The average Bonchev–Trinajstić information content (AvgIpc) is 3.26. The lowest BCUT2D eigenvalue weighted by Gasteiger charge is -2.21. The number of carbonyl (C=O) groups excluding carboxylic acids is 1. The van der Waals surface area contributed by atoms with E-state index in [0.29, 0.717) is 12.3 Å². The summed E-state index contributed by atoms with van der Waals surface area (Å²) in [7, 11) is 0. The third-order valence-electron chi connectivity index (χ3n) is 5.36. The Kier molecular flexibility index (Phi) is 8.08. The number of anilines is 1. The summed E-state index contributed by atoms with van der Waals surface area (Å²) in [6, 6.07) is 26.6. The van der Waals surface area contributed by atoms with Gasteiger partial charge in [0.05, 0.1) is 11.5 Å². The van der Waals surface area contributed by atoms with Gasteiger partial charge in [0, 0.05) is 22.8 Å². The first-order chi connectivity index (χ1) is 16.5. The van der Waals surface area contributed by atoms with E-state index in [4.69, 9.17) is 0 Å². The average molecular weight is 489 g/mol. The number of hydrogen-bond acceptors (Lipinski definition) is 5. The van der Waals surface area contributed by atoms with Gasteiger partial charge in [-0.2, -0.15) is 0 Å². The van der Waals surface area contributed by atoms with E-state index in [0.717, 1.165) is 27.9 Å². The third-order valence-corrected chi connectivity index (χ3v) is 7.28. The Labute approximate surface area is 209 Å². The van der Waals surface area contributed by atoms with Crippen molar-refractivity contribution in [2.75, 3.05) is 17.2 Å². The molecule has 4 rings (SSSR count). The Morgan fingerprint density at radius 1 is 0.882 bits per heavy atom. The molecule has 0 bridgehead atoms. The second-order valence-electron chi connectivity index (χ2n) is 7.94. The van der Waals surface area contributed by atoms with E-state index >= 15 is 0 Å². The van der Waals surface area contributed by atoms with Gasteiger partial charge in [0.2, 0.25) is 5.91 Å². The highest BCUT2D eigenvalue weighted by molar-refractivity contribution is 7.99. The smallest absolute Gasteiger partial charge is 0.237 e. The second-order valence-corrected chi connectivity index (χ2v) is 9.93. The molecule has 0 unspecified atom stereocenters. The van der Waals surface area contributed by atoms with Crippen LogP contribution in [0.15, 0.2) is 88.9 Å². The van der Waals surface area contributed by atoms with Crippen molar-refractivity contribution in [3.8, 4) is 5.69 Å². The van der Waals surface area contributed by atoms with Crippen LogP contribution >= 0.6 is 23.5 Å². The largest absolute Gasteiger partial charge is 0.312 e. The number of aromatic nitrogens is 3. The summed E-state index contributed by atoms with van der Waals surface area (Å²) in [5.74, 6) is 1.89. The molecule has 0 aliphatic heterocycles. The van der Waals surface area contributed by atoms with Gasteiger partial charge in [-0.15, -0.1) is 22.0 Å². The van der Waals surface area contributed by atoms with Crippen LogP contribution in [0.5, 0.6) is 0 Å². The Hall–Kier alpha value is -3.03. The zero-order chi connectivity index (χ0) is 23.9. The molecule has 7 heteroatoms. The number of benzene rings is 3. The standard InChI is InChI=1S/C27H28N4OS2/c1-4-30(23-12-8-9-21(3)17-23)26(32)19-34-27-29-28-25(31(27)22-10-6-5-7-11-22)18-33-24-15-13-20(2)14-16-24/h5-17H,4,18-19H2,1-3H3. The molecule has 5 nitrogen and oxygen atoms in total. The minimum Gasteiger partial charge on any atom is -0.312 e. The van der Waals surface area contributed by atoms with Gasteiger partial charge in [0.1, 0.15) is 5.82 Å². The number of amides is 1. The predicted molar refractivity (Wildman–Crippen MR) is 142 cm³/mol. The van der Waals surface area contributed by atoms with Gasteiger partial charge in [0.25, 0.3) is 0 Å². The molecule has 1 aromatic heterocycles. The monoisotopic (exact) mass is 488 g/mol. The highest BCUT2D eigenvalue weighted by Gasteiger charge is 2.19. The molecule has 0 N–H and O–H groups in total. The number of rotatable bonds is 9. The van der Waals surface area contributed by atoms with Crippen molar-refractivity contribution in [2.45, 2.75) is 36.6 Å². The zero-order valence-electron chi connectivity index (χ0n) is 19.6. The first-order valence-corrected chi connectivity index (χ1v) is 13.2. The summed E-state index contributed by atoms with van der Waals surface area (Å²) < 4.78 is 2.06. The van der Waals surface area contributed by atoms with Gasteiger partial charge >= 0.3 is 0 Å². The molecule has 0 fully saturated rings. The SMILES string of the molecule is CCN(C(=O)CSc1nnc(CSc2ccc(C)cc2)n1-c1ccccc1)c1cccc(C)c1. The second kappa shape index (κ2) is 11.4. The van der Waals surface area contributed by atoms with Crippen molar-refractivity contribution < 1.29 is 4.79 Å². The summed E-state index contributed by atoms with van der Waals surface area (Å²) in [6.07, 6.45) is 0. The maximum absolute atomic E-state index is 13.1. The first kappa shape index (κ1) is 24.1. The Balaban J connectivity index is 1.53. The molecule has 1 heterocycles. The van der Waals surface area contributed by atoms with Crippen LogP contribution < -0.4 is 4.90 Å². The van der Waals surface area contributed by atoms with Gasteiger partial charge in [-0.1, -0.05) is 59.8 Å².